The molecule has 0 radical (unpaired) electrons. The predicted molar refractivity (Wildman–Crippen MR) is 60.3 cm³/mol. The largest absolute Gasteiger partial charge is 0.484 e. The molecule has 0 unspecified atom stereocenters. The molecule has 0 aliphatic rings. The van der Waals surface area contributed by atoms with Gasteiger partial charge in [-0.05, 0) is 12.1 Å². The Bertz CT molecular complexity index is 505. The zero-order valence-corrected chi connectivity index (χ0v) is 9.23. The molecule has 2 rings (SSSR count). The van der Waals surface area contributed by atoms with E-state index in [0.717, 1.165) is 11.0 Å². The van der Waals surface area contributed by atoms with E-state index in [1.165, 1.54) is 4.90 Å². The van der Waals surface area contributed by atoms with Gasteiger partial charge in [-0.2, -0.15) is 0 Å². The Morgan fingerprint density at radius 2 is 2.31 bits per heavy atom. The van der Waals surface area contributed by atoms with Crippen LogP contribution in [0.2, 0.25) is 0 Å². The number of ether oxygens (including phenoxy) is 1. The molecule has 2 aromatic rings. The van der Waals surface area contributed by atoms with Gasteiger partial charge in [-0.25, -0.2) is 4.98 Å². The van der Waals surface area contributed by atoms with Gasteiger partial charge >= 0.3 is 0 Å². The summed E-state index contributed by atoms with van der Waals surface area (Å²) in [5, 5.41) is 0. The number of rotatable bonds is 3. The lowest BCUT2D eigenvalue weighted by Gasteiger charge is -2.11. The van der Waals surface area contributed by atoms with Crippen molar-refractivity contribution in [3.63, 3.8) is 0 Å². The minimum Gasteiger partial charge on any atom is -0.484 e. The first-order chi connectivity index (χ1) is 7.66. The highest BCUT2D eigenvalue weighted by Gasteiger charge is 2.05. The van der Waals surface area contributed by atoms with E-state index in [0.29, 0.717) is 5.75 Å². The molecule has 0 saturated heterocycles. The van der Waals surface area contributed by atoms with Crippen molar-refractivity contribution in [3.05, 3.63) is 24.5 Å². The van der Waals surface area contributed by atoms with Crippen LogP contribution in [-0.2, 0) is 4.79 Å². The van der Waals surface area contributed by atoms with Gasteiger partial charge in [-0.15, -0.1) is 0 Å². The molecule has 0 aliphatic carbocycles. The smallest absolute Gasteiger partial charge is 0.259 e. The maximum atomic E-state index is 11.3. The van der Waals surface area contributed by atoms with E-state index in [1.54, 1.807) is 26.5 Å². The van der Waals surface area contributed by atoms with E-state index >= 15 is 0 Å². The maximum Gasteiger partial charge on any atom is 0.259 e. The maximum absolute atomic E-state index is 11.3. The molecule has 1 amide bonds. The number of amides is 1. The lowest BCUT2D eigenvalue weighted by Crippen LogP contribution is -2.27. The number of fused-ring (bicyclic) bond motifs is 1. The Hall–Kier alpha value is -2.04. The zero-order chi connectivity index (χ0) is 11.5. The number of aromatic nitrogens is 2. The van der Waals surface area contributed by atoms with Gasteiger partial charge in [0.15, 0.2) is 6.61 Å². The molecule has 1 aromatic carbocycles. The van der Waals surface area contributed by atoms with Crippen molar-refractivity contribution in [1.82, 2.24) is 14.9 Å². The molecular weight excluding hydrogens is 206 g/mol. The van der Waals surface area contributed by atoms with Gasteiger partial charge in [-0.3, -0.25) is 4.79 Å². The van der Waals surface area contributed by atoms with Gasteiger partial charge in [0.25, 0.3) is 5.91 Å². The molecule has 1 N–H and O–H groups in total. The highest BCUT2D eigenvalue weighted by atomic mass is 16.5. The summed E-state index contributed by atoms with van der Waals surface area (Å²) in [7, 11) is 3.40. The number of carbonyl (C=O) groups is 1. The SMILES string of the molecule is CN(C)C(=O)COc1ccc2nc[nH]c2c1. The Morgan fingerprint density at radius 3 is 3.06 bits per heavy atom. The second kappa shape index (κ2) is 4.22. The summed E-state index contributed by atoms with van der Waals surface area (Å²) in [6.45, 7) is 0.0483. The monoisotopic (exact) mass is 219 g/mol. The molecule has 0 saturated carbocycles. The van der Waals surface area contributed by atoms with Crippen molar-refractivity contribution in [2.45, 2.75) is 0 Å². The summed E-state index contributed by atoms with van der Waals surface area (Å²) < 4.78 is 5.37. The first-order valence-corrected chi connectivity index (χ1v) is 4.93. The molecule has 5 nitrogen and oxygen atoms in total. The number of nitrogens with zero attached hydrogens (tertiary/aromatic N) is 2. The van der Waals surface area contributed by atoms with E-state index in [-0.39, 0.29) is 12.5 Å². The van der Waals surface area contributed by atoms with Crippen LogP contribution in [0.5, 0.6) is 5.75 Å². The van der Waals surface area contributed by atoms with Crippen LogP contribution in [0, 0.1) is 0 Å². The molecule has 0 aliphatic heterocycles. The van der Waals surface area contributed by atoms with E-state index in [1.807, 2.05) is 12.1 Å². The molecule has 0 fully saturated rings. The van der Waals surface area contributed by atoms with Crippen LogP contribution in [0.4, 0.5) is 0 Å². The van der Waals surface area contributed by atoms with E-state index in [4.69, 9.17) is 4.74 Å². The van der Waals surface area contributed by atoms with Crippen LogP contribution in [0.1, 0.15) is 0 Å². The third kappa shape index (κ3) is 2.13. The highest BCUT2D eigenvalue weighted by Crippen LogP contribution is 2.17. The number of hydrogen-bond donors (Lipinski definition) is 1. The highest BCUT2D eigenvalue weighted by molar-refractivity contribution is 5.78. The summed E-state index contributed by atoms with van der Waals surface area (Å²) >= 11 is 0. The van der Waals surface area contributed by atoms with Crippen LogP contribution < -0.4 is 4.74 Å². The second-order valence-corrected chi connectivity index (χ2v) is 3.66. The minimum atomic E-state index is -0.0651. The second-order valence-electron chi connectivity index (χ2n) is 3.66. The van der Waals surface area contributed by atoms with Gasteiger partial charge < -0.3 is 14.6 Å². The van der Waals surface area contributed by atoms with Gasteiger partial charge in [0.2, 0.25) is 0 Å². The normalized spacial score (nSPS) is 10.4. The van der Waals surface area contributed by atoms with Crippen LogP contribution in [-0.4, -0.2) is 41.5 Å². The van der Waals surface area contributed by atoms with E-state index in [2.05, 4.69) is 9.97 Å². The molecule has 1 heterocycles. The van der Waals surface area contributed by atoms with Crippen molar-refractivity contribution in [3.8, 4) is 5.75 Å². The predicted octanol–water partition coefficient (Wildman–Crippen LogP) is 1.03. The average molecular weight is 219 g/mol. The zero-order valence-electron chi connectivity index (χ0n) is 9.23. The van der Waals surface area contributed by atoms with Gasteiger partial charge in [0.05, 0.1) is 17.4 Å². The van der Waals surface area contributed by atoms with Crippen molar-refractivity contribution in [2.24, 2.45) is 0 Å². The lowest BCUT2D eigenvalue weighted by molar-refractivity contribution is -0.130. The van der Waals surface area contributed by atoms with Crippen molar-refractivity contribution < 1.29 is 9.53 Å². The molecule has 1 aromatic heterocycles. The number of carbonyl (C=O) groups excluding carboxylic acids is 1. The number of hydrogen-bond acceptors (Lipinski definition) is 3. The standard InChI is InChI=1S/C11H13N3O2/c1-14(2)11(15)6-16-8-3-4-9-10(5-8)13-7-12-9/h3-5,7H,6H2,1-2H3,(H,12,13). The third-order valence-corrected chi connectivity index (χ3v) is 2.25. The van der Waals surface area contributed by atoms with E-state index in [9.17, 15) is 4.79 Å². The lowest BCUT2D eigenvalue weighted by atomic mass is 10.3. The summed E-state index contributed by atoms with van der Waals surface area (Å²) in [6, 6.07) is 5.47. The van der Waals surface area contributed by atoms with Crippen LogP contribution >= 0.6 is 0 Å². The fourth-order valence-electron chi connectivity index (χ4n) is 1.28. The number of benzene rings is 1. The van der Waals surface area contributed by atoms with Gasteiger partial charge in [0.1, 0.15) is 5.75 Å². The summed E-state index contributed by atoms with van der Waals surface area (Å²) in [6.07, 6.45) is 1.62. The van der Waals surface area contributed by atoms with Crippen molar-refractivity contribution >= 4 is 16.9 Å². The molecule has 0 bridgehead atoms. The fourth-order valence-corrected chi connectivity index (χ4v) is 1.28. The number of imidazole rings is 1. The fraction of sp³-hybridized carbons (Fsp3) is 0.273. The molecule has 84 valence electrons. The van der Waals surface area contributed by atoms with Crippen LogP contribution in [0.25, 0.3) is 11.0 Å². The Balaban J connectivity index is 2.06. The van der Waals surface area contributed by atoms with Gasteiger partial charge in [0, 0.05) is 20.2 Å². The molecular formula is C11H13N3O2. The number of nitrogens with one attached hydrogen (secondary N) is 1. The van der Waals surface area contributed by atoms with Gasteiger partial charge in [-0.1, -0.05) is 0 Å². The summed E-state index contributed by atoms with van der Waals surface area (Å²) in [5.74, 6) is 0.594. The first-order valence-electron chi connectivity index (χ1n) is 4.93. The molecule has 0 atom stereocenters. The molecule has 16 heavy (non-hydrogen) atoms. The number of aromatic amines is 1. The molecule has 0 spiro atoms. The van der Waals surface area contributed by atoms with Crippen LogP contribution in [0.15, 0.2) is 24.5 Å². The first kappa shape index (κ1) is 10.5. The third-order valence-electron chi connectivity index (χ3n) is 2.25. The Morgan fingerprint density at radius 1 is 1.50 bits per heavy atom. The Labute approximate surface area is 93.0 Å². The topological polar surface area (TPSA) is 58.2 Å². The Kier molecular flexibility index (Phi) is 2.76. The van der Waals surface area contributed by atoms with E-state index < -0.39 is 0 Å². The number of likely N-dealkylation sites (N-methyl/N-ethyl adjacent to an activating group) is 1. The summed E-state index contributed by atoms with van der Waals surface area (Å²) in [4.78, 5) is 19.9. The van der Waals surface area contributed by atoms with Crippen LogP contribution in [0.3, 0.4) is 0 Å². The quantitative estimate of drug-likeness (QED) is 0.838. The van der Waals surface area contributed by atoms with Crippen molar-refractivity contribution in [2.75, 3.05) is 20.7 Å². The minimum absolute atomic E-state index is 0.0483. The molecule has 5 heteroatoms. The number of H-pyrrole nitrogens is 1. The van der Waals surface area contributed by atoms with Crippen molar-refractivity contribution in [1.29, 1.82) is 0 Å². The average Bonchev–Trinajstić information content (AvgIpc) is 2.72. The summed E-state index contributed by atoms with van der Waals surface area (Å²) in [5.41, 5.74) is 1.78.